The molecule has 2 unspecified atom stereocenters. The molecule has 3 nitrogen and oxygen atoms in total. The van der Waals surface area contributed by atoms with E-state index < -0.39 is 0 Å². The predicted octanol–water partition coefficient (Wildman–Crippen LogP) is 4.23. The van der Waals surface area contributed by atoms with Crippen LogP contribution in [0.1, 0.15) is 38.8 Å². The van der Waals surface area contributed by atoms with Gasteiger partial charge in [-0.1, -0.05) is 43.1 Å². The number of benzene rings is 1. The molecule has 0 aliphatic heterocycles. The first-order chi connectivity index (χ1) is 9.35. The van der Waals surface area contributed by atoms with Crippen molar-refractivity contribution in [3.05, 3.63) is 33.8 Å². The fourth-order valence-electron chi connectivity index (χ4n) is 2.09. The Labute approximate surface area is 130 Å². The Kier molecular flexibility index (Phi) is 6.80. The lowest BCUT2D eigenvalue weighted by molar-refractivity contribution is -0.143. The first-order valence-corrected chi connectivity index (χ1v) is 7.39. The van der Waals surface area contributed by atoms with E-state index in [1.165, 1.54) is 7.11 Å². The summed E-state index contributed by atoms with van der Waals surface area (Å²) in [4.78, 5) is 11.8. The van der Waals surface area contributed by atoms with Crippen molar-refractivity contribution >= 4 is 29.2 Å². The second-order valence-corrected chi connectivity index (χ2v) is 6.10. The smallest absolute Gasteiger partial charge is 0.322 e. The molecule has 0 aliphatic rings. The molecular weight excluding hydrogens is 297 g/mol. The Morgan fingerprint density at radius 1 is 1.30 bits per heavy atom. The van der Waals surface area contributed by atoms with Crippen LogP contribution in [-0.4, -0.2) is 19.1 Å². The Bertz CT molecular complexity index is 463. The second kappa shape index (κ2) is 7.87. The molecule has 0 amide bonds. The van der Waals surface area contributed by atoms with Crippen molar-refractivity contribution in [1.29, 1.82) is 0 Å². The molecule has 0 saturated heterocycles. The number of esters is 1. The van der Waals surface area contributed by atoms with Gasteiger partial charge < -0.3 is 4.74 Å². The summed E-state index contributed by atoms with van der Waals surface area (Å²) in [6.07, 6.45) is 0.711. The average molecular weight is 318 g/mol. The number of carbonyl (C=O) groups excluding carboxylic acids is 1. The lowest BCUT2D eigenvalue weighted by Crippen LogP contribution is -2.40. The highest BCUT2D eigenvalue weighted by Gasteiger charge is 2.23. The zero-order valence-electron chi connectivity index (χ0n) is 12.2. The minimum Gasteiger partial charge on any atom is -0.468 e. The van der Waals surface area contributed by atoms with Crippen molar-refractivity contribution in [2.24, 2.45) is 5.92 Å². The second-order valence-electron chi connectivity index (χ2n) is 5.26. The maximum absolute atomic E-state index is 11.8. The first kappa shape index (κ1) is 17.3. The molecular formula is C15H21Cl2NO2. The monoisotopic (exact) mass is 317 g/mol. The molecule has 2 atom stereocenters. The maximum atomic E-state index is 11.8. The van der Waals surface area contributed by atoms with Gasteiger partial charge in [-0.25, -0.2) is 0 Å². The Morgan fingerprint density at radius 3 is 2.45 bits per heavy atom. The molecule has 0 spiro atoms. The number of hydrogen-bond donors (Lipinski definition) is 1. The number of nitrogens with one attached hydrogen (secondary N) is 1. The molecule has 0 radical (unpaired) electrons. The largest absolute Gasteiger partial charge is 0.468 e. The van der Waals surface area contributed by atoms with Gasteiger partial charge in [0, 0.05) is 16.1 Å². The molecule has 0 bridgehead atoms. The van der Waals surface area contributed by atoms with E-state index in [2.05, 4.69) is 19.2 Å². The summed E-state index contributed by atoms with van der Waals surface area (Å²) < 4.78 is 4.84. The molecule has 5 heteroatoms. The quantitative estimate of drug-likeness (QED) is 0.798. The molecule has 1 rings (SSSR count). The third kappa shape index (κ3) is 4.97. The van der Waals surface area contributed by atoms with Gasteiger partial charge in [0.15, 0.2) is 0 Å². The maximum Gasteiger partial charge on any atom is 0.322 e. The van der Waals surface area contributed by atoms with Crippen molar-refractivity contribution in [1.82, 2.24) is 5.32 Å². The SMILES string of the molecule is COC(=O)C(CC(C)C)NC(C)c1ccc(Cl)cc1Cl. The van der Waals surface area contributed by atoms with Crippen LogP contribution in [0.2, 0.25) is 10.0 Å². The number of halogens is 2. The fraction of sp³-hybridized carbons (Fsp3) is 0.533. The highest BCUT2D eigenvalue weighted by molar-refractivity contribution is 6.35. The zero-order valence-corrected chi connectivity index (χ0v) is 13.8. The van der Waals surface area contributed by atoms with Crippen LogP contribution in [0, 0.1) is 5.92 Å². The molecule has 1 aromatic rings. The van der Waals surface area contributed by atoms with Gasteiger partial charge in [-0.2, -0.15) is 0 Å². The zero-order chi connectivity index (χ0) is 15.3. The number of carbonyl (C=O) groups is 1. The van der Waals surface area contributed by atoms with Gasteiger partial charge in [0.1, 0.15) is 6.04 Å². The van der Waals surface area contributed by atoms with Crippen LogP contribution in [0.3, 0.4) is 0 Å². The van der Waals surface area contributed by atoms with E-state index in [0.29, 0.717) is 22.4 Å². The van der Waals surface area contributed by atoms with Crippen LogP contribution in [0.5, 0.6) is 0 Å². The lowest BCUT2D eigenvalue weighted by atomic mass is 10.0. The fourth-order valence-corrected chi connectivity index (χ4v) is 2.66. The summed E-state index contributed by atoms with van der Waals surface area (Å²) in [6, 6.07) is 4.94. The van der Waals surface area contributed by atoms with Gasteiger partial charge in [-0.3, -0.25) is 10.1 Å². The van der Waals surface area contributed by atoms with E-state index in [1.807, 2.05) is 13.0 Å². The van der Waals surface area contributed by atoms with Crippen molar-refractivity contribution in [3.63, 3.8) is 0 Å². The van der Waals surface area contributed by atoms with Crippen molar-refractivity contribution in [2.45, 2.75) is 39.3 Å². The predicted molar refractivity (Wildman–Crippen MR) is 83.3 cm³/mol. The van der Waals surface area contributed by atoms with Crippen molar-refractivity contribution in [2.75, 3.05) is 7.11 Å². The Hall–Kier alpha value is -0.770. The minimum absolute atomic E-state index is 0.0670. The summed E-state index contributed by atoms with van der Waals surface area (Å²) in [7, 11) is 1.40. The molecule has 0 aliphatic carbocycles. The molecule has 0 fully saturated rings. The van der Waals surface area contributed by atoms with E-state index >= 15 is 0 Å². The summed E-state index contributed by atoms with van der Waals surface area (Å²) in [5, 5.41) is 4.46. The molecule has 20 heavy (non-hydrogen) atoms. The van der Waals surface area contributed by atoms with Gasteiger partial charge in [-0.15, -0.1) is 0 Å². The lowest BCUT2D eigenvalue weighted by Gasteiger charge is -2.23. The van der Waals surface area contributed by atoms with Crippen LogP contribution in [0.25, 0.3) is 0 Å². The molecule has 0 saturated carbocycles. The Balaban J connectivity index is 2.84. The molecule has 0 aromatic heterocycles. The van der Waals surface area contributed by atoms with Gasteiger partial charge in [0.2, 0.25) is 0 Å². The van der Waals surface area contributed by atoms with Crippen LogP contribution in [-0.2, 0) is 9.53 Å². The topological polar surface area (TPSA) is 38.3 Å². The van der Waals surface area contributed by atoms with Crippen molar-refractivity contribution < 1.29 is 9.53 Å². The number of hydrogen-bond acceptors (Lipinski definition) is 3. The van der Waals surface area contributed by atoms with E-state index in [9.17, 15) is 4.79 Å². The van der Waals surface area contributed by atoms with E-state index in [0.717, 1.165) is 5.56 Å². The van der Waals surface area contributed by atoms with Gasteiger partial charge >= 0.3 is 5.97 Å². The molecule has 112 valence electrons. The summed E-state index contributed by atoms with van der Waals surface area (Å²) in [5.41, 5.74) is 0.911. The summed E-state index contributed by atoms with van der Waals surface area (Å²) >= 11 is 12.1. The van der Waals surface area contributed by atoms with Crippen LogP contribution < -0.4 is 5.32 Å². The average Bonchev–Trinajstić information content (AvgIpc) is 2.36. The van der Waals surface area contributed by atoms with E-state index in [-0.39, 0.29) is 18.1 Å². The third-order valence-electron chi connectivity index (χ3n) is 3.07. The highest BCUT2D eigenvalue weighted by atomic mass is 35.5. The van der Waals surface area contributed by atoms with Crippen LogP contribution in [0.4, 0.5) is 0 Å². The number of ether oxygens (including phenoxy) is 1. The van der Waals surface area contributed by atoms with Crippen LogP contribution >= 0.6 is 23.2 Å². The first-order valence-electron chi connectivity index (χ1n) is 6.64. The van der Waals surface area contributed by atoms with E-state index in [1.54, 1.807) is 12.1 Å². The summed E-state index contributed by atoms with van der Waals surface area (Å²) in [5.74, 6) is 0.134. The summed E-state index contributed by atoms with van der Waals surface area (Å²) in [6.45, 7) is 6.10. The third-order valence-corrected chi connectivity index (χ3v) is 3.64. The Morgan fingerprint density at radius 2 is 1.95 bits per heavy atom. The van der Waals surface area contributed by atoms with Gasteiger partial charge in [0.05, 0.1) is 7.11 Å². The molecule has 1 N–H and O–H groups in total. The van der Waals surface area contributed by atoms with Gasteiger partial charge in [-0.05, 0) is 37.0 Å². The molecule has 0 heterocycles. The minimum atomic E-state index is -0.346. The van der Waals surface area contributed by atoms with Gasteiger partial charge in [0.25, 0.3) is 0 Å². The van der Waals surface area contributed by atoms with Crippen LogP contribution in [0.15, 0.2) is 18.2 Å². The normalized spacial score (nSPS) is 14.2. The molecule has 1 aromatic carbocycles. The number of rotatable bonds is 6. The highest BCUT2D eigenvalue weighted by Crippen LogP contribution is 2.26. The van der Waals surface area contributed by atoms with E-state index in [4.69, 9.17) is 27.9 Å². The van der Waals surface area contributed by atoms with Crippen molar-refractivity contribution in [3.8, 4) is 0 Å². The number of methoxy groups -OCH3 is 1. The standard InChI is InChI=1S/C15H21Cl2NO2/c1-9(2)7-14(15(19)20-4)18-10(3)12-6-5-11(16)8-13(12)17/h5-6,8-10,14,18H,7H2,1-4H3.